The number of anilines is 2. The van der Waals surface area contributed by atoms with E-state index in [1.54, 1.807) is 31.4 Å². The minimum Gasteiger partial charge on any atom is -0.475 e. The van der Waals surface area contributed by atoms with Crippen molar-refractivity contribution < 1.29 is 41.0 Å². The van der Waals surface area contributed by atoms with Crippen molar-refractivity contribution in [2.75, 3.05) is 56.1 Å². The number of ether oxygens (including phenoxy) is 1. The van der Waals surface area contributed by atoms with Crippen LogP contribution in [0.5, 0.6) is 0 Å². The zero-order valence-electron chi connectivity index (χ0n) is 20.1. The van der Waals surface area contributed by atoms with Crippen LogP contribution < -0.4 is 20.3 Å². The highest BCUT2D eigenvalue weighted by atomic mass is 32.2. The third kappa shape index (κ3) is 9.18. The van der Waals surface area contributed by atoms with Gasteiger partial charge in [-0.1, -0.05) is 17.7 Å². The molecule has 1 aliphatic rings. The Hall–Kier alpha value is -3.43. The molecule has 4 N–H and O–H groups in total. The normalized spacial score (nSPS) is 13.8. The van der Waals surface area contributed by atoms with E-state index < -0.39 is 22.2 Å². The number of rotatable bonds is 8. The number of amides is 1. The molecule has 204 valence electrons. The number of carbonyl (C=O) groups is 2. The number of carboxylic acids is 1. The first-order chi connectivity index (χ1) is 17.3. The van der Waals surface area contributed by atoms with Gasteiger partial charge in [0.05, 0.1) is 29.0 Å². The van der Waals surface area contributed by atoms with Crippen LogP contribution in [0.15, 0.2) is 41.4 Å². The number of halogens is 3. The van der Waals surface area contributed by atoms with Crippen LogP contribution >= 0.6 is 0 Å². The van der Waals surface area contributed by atoms with E-state index in [-0.39, 0.29) is 16.5 Å². The van der Waals surface area contributed by atoms with E-state index >= 15 is 0 Å². The van der Waals surface area contributed by atoms with Crippen molar-refractivity contribution in [3.8, 4) is 0 Å². The number of nitrogens with zero attached hydrogens (tertiary/aromatic N) is 2. The first kappa shape index (κ1) is 29.8. The summed E-state index contributed by atoms with van der Waals surface area (Å²) in [5.41, 5.74) is 1.51. The SMILES string of the molecule is COCCNC(=O)c1cc(NS(=O)(=O)c2ccc(C)cc2)cnc1N1CCNCC1.O=C(O)C(F)(F)F. The van der Waals surface area contributed by atoms with Crippen LogP contribution in [-0.2, 0) is 19.6 Å². The maximum absolute atomic E-state index is 12.8. The maximum atomic E-state index is 12.8. The standard InChI is InChI=1S/C20H27N5O4S.C2HF3O2/c1-15-3-5-17(6-4-15)30(27,28)24-16-13-18(20(26)22-9-12-29-2)19(23-14-16)25-10-7-21-8-11-25;3-2(4,5)1(6)7/h3-6,13-14,21,24H,7-12H2,1-2H3,(H,22,26);(H,6,7). The first-order valence-electron chi connectivity index (χ1n) is 11.0. The molecule has 1 amide bonds. The number of sulfonamides is 1. The van der Waals surface area contributed by atoms with Crippen molar-refractivity contribution in [3.63, 3.8) is 0 Å². The molecule has 0 unspecified atom stereocenters. The summed E-state index contributed by atoms with van der Waals surface area (Å²) in [5, 5.41) is 13.2. The van der Waals surface area contributed by atoms with E-state index in [9.17, 15) is 26.4 Å². The van der Waals surface area contributed by atoms with Crippen LogP contribution in [0.4, 0.5) is 24.7 Å². The summed E-state index contributed by atoms with van der Waals surface area (Å²) >= 11 is 0. The molecule has 37 heavy (non-hydrogen) atoms. The molecule has 0 spiro atoms. The highest BCUT2D eigenvalue weighted by Crippen LogP contribution is 2.24. The number of piperazine rings is 1. The third-order valence-electron chi connectivity index (χ3n) is 4.95. The molecule has 11 nitrogen and oxygen atoms in total. The number of aromatic nitrogens is 1. The van der Waals surface area contributed by atoms with Crippen LogP contribution in [0.25, 0.3) is 0 Å². The second kappa shape index (κ2) is 13.2. The van der Waals surface area contributed by atoms with Gasteiger partial charge >= 0.3 is 12.1 Å². The summed E-state index contributed by atoms with van der Waals surface area (Å²) in [4.78, 5) is 28.3. The van der Waals surface area contributed by atoms with Crippen LogP contribution in [0.2, 0.25) is 0 Å². The van der Waals surface area contributed by atoms with Gasteiger partial charge in [-0.15, -0.1) is 0 Å². The van der Waals surface area contributed by atoms with Crippen molar-refractivity contribution in [3.05, 3.63) is 47.7 Å². The molecular formula is C22H28F3N5O6S. The molecule has 2 aromatic rings. The lowest BCUT2D eigenvalue weighted by atomic mass is 10.2. The van der Waals surface area contributed by atoms with Gasteiger partial charge in [0.2, 0.25) is 0 Å². The van der Waals surface area contributed by atoms with E-state index in [0.717, 1.165) is 18.7 Å². The Balaban J connectivity index is 0.000000604. The third-order valence-corrected chi connectivity index (χ3v) is 6.34. The van der Waals surface area contributed by atoms with Crippen molar-refractivity contribution in [2.45, 2.75) is 18.0 Å². The van der Waals surface area contributed by atoms with Crippen LogP contribution in [-0.4, -0.2) is 83.0 Å². The van der Waals surface area contributed by atoms with Crippen molar-refractivity contribution in [2.24, 2.45) is 0 Å². The van der Waals surface area contributed by atoms with Gasteiger partial charge < -0.3 is 25.4 Å². The first-order valence-corrected chi connectivity index (χ1v) is 12.5. The molecule has 1 fully saturated rings. The molecule has 0 bridgehead atoms. The number of aliphatic carboxylic acids is 1. The van der Waals surface area contributed by atoms with E-state index in [4.69, 9.17) is 14.6 Å². The number of carbonyl (C=O) groups excluding carboxylic acids is 1. The average molecular weight is 548 g/mol. The zero-order chi connectivity index (χ0) is 27.6. The van der Waals surface area contributed by atoms with Crippen molar-refractivity contribution in [1.29, 1.82) is 0 Å². The van der Waals surface area contributed by atoms with Gasteiger partial charge in [-0.05, 0) is 25.1 Å². The lowest BCUT2D eigenvalue weighted by molar-refractivity contribution is -0.192. The maximum Gasteiger partial charge on any atom is 0.490 e. The Morgan fingerprint density at radius 1 is 1.19 bits per heavy atom. The Morgan fingerprint density at radius 2 is 1.78 bits per heavy atom. The number of benzene rings is 1. The van der Waals surface area contributed by atoms with E-state index in [0.29, 0.717) is 37.6 Å². The number of nitrogens with one attached hydrogen (secondary N) is 3. The van der Waals surface area contributed by atoms with Gasteiger partial charge in [-0.25, -0.2) is 18.2 Å². The fourth-order valence-electron chi connectivity index (χ4n) is 3.10. The Morgan fingerprint density at radius 3 is 2.32 bits per heavy atom. The molecule has 2 heterocycles. The number of hydrogen-bond acceptors (Lipinski definition) is 8. The number of hydrogen-bond donors (Lipinski definition) is 4. The predicted molar refractivity (Wildman–Crippen MR) is 129 cm³/mol. The van der Waals surface area contributed by atoms with Crippen molar-refractivity contribution in [1.82, 2.24) is 15.6 Å². The van der Waals surface area contributed by atoms with Crippen LogP contribution in [0.3, 0.4) is 0 Å². The Bertz CT molecular complexity index is 1170. The number of alkyl halides is 3. The highest BCUT2D eigenvalue weighted by molar-refractivity contribution is 7.92. The topological polar surface area (TPSA) is 150 Å². The Labute approximate surface area is 212 Å². The zero-order valence-corrected chi connectivity index (χ0v) is 20.9. The molecule has 1 aliphatic heterocycles. The van der Waals surface area contributed by atoms with Gasteiger partial charge in [-0.2, -0.15) is 13.2 Å². The summed E-state index contributed by atoms with van der Waals surface area (Å²) in [7, 11) is -2.24. The summed E-state index contributed by atoms with van der Waals surface area (Å²) in [6.07, 6.45) is -3.64. The molecule has 0 aliphatic carbocycles. The summed E-state index contributed by atoms with van der Waals surface area (Å²) in [5.74, 6) is -2.55. The summed E-state index contributed by atoms with van der Waals surface area (Å²) < 4.78 is 64.7. The fourth-order valence-corrected chi connectivity index (χ4v) is 4.14. The largest absolute Gasteiger partial charge is 0.490 e. The number of aryl methyl sites for hydroxylation is 1. The number of carboxylic acid groups (broad SMARTS) is 1. The molecular weight excluding hydrogens is 519 g/mol. The Kier molecular flexibility index (Phi) is 10.6. The molecule has 0 radical (unpaired) electrons. The second-order valence-electron chi connectivity index (χ2n) is 7.80. The minimum absolute atomic E-state index is 0.144. The number of methoxy groups -OCH3 is 1. The molecule has 1 saturated heterocycles. The quantitative estimate of drug-likeness (QED) is 0.362. The number of pyridine rings is 1. The molecule has 1 aromatic heterocycles. The monoisotopic (exact) mass is 547 g/mol. The van der Waals surface area contributed by atoms with Gasteiger partial charge in [0.15, 0.2) is 0 Å². The van der Waals surface area contributed by atoms with E-state index in [1.165, 1.54) is 12.3 Å². The van der Waals surface area contributed by atoms with Crippen LogP contribution in [0.1, 0.15) is 15.9 Å². The van der Waals surface area contributed by atoms with Gasteiger partial charge in [0.1, 0.15) is 5.82 Å². The van der Waals surface area contributed by atoms with Crippen LogP contribution in [0, 0.1) is 6.92 Å². The molecule has 0 saturated carbocycles. The van der Waals surface area contributed by atoms with Crippen molar-refractivity contribution >= 4 is 33.4 Å². The lowest BCUT2D eigenvalue weighted by Crippen LogP contribution is -2.44. The predicted octanol–water partition coefficient (Wildman–Crippen LogP) is 1.61. The fraction of sp³-hybridized carbons (Fsp3) is 0.409. The van der Waals surface area contributed by atoms with Gasteiger partial charge in [-0.3, -0.25) is 9.52 Å². The minimum atomic E-state index is -5.08. The highest BCUT2D eigenvalue weighted by Gasteiger charge is 2.38. The summed E-state index contributed by atoms with van der Waals surface area (Å²) in [6, 6.07) is 8.07. The van der Waals surface area contributed by atoms with E-state index in [1.807, 2.05) is 11.8 Å². The molecule has 1 aromatic carbocycles. The van der Waals surface area contributed by atoms with E-state index in [2.05, 4.69) is 20.3 Å². The average Bonchev–Trinajstić information content (AvgIpc) is 2.84. The molecule has 15 heteroatoms. The molecule has 3 rings (SSSR count). The van der Waals surface area contributed by atoms with Gasteiger partial charge in [0.25, 0.3) is 15.9 Å². The smallest absolute Gasteiger partial charge is 0.475 e. The molecule has 0 atom stereocenters. The second-order valence-corrected chi connectivity index (χ2v) is 9.48. The van der Waals surface area contributed by atoms with Gasteiger partial charge in [0, 0.05) is 39.8 Å². The summed E-state index contributed by atoms with van der Waals surface area (Å²) in [6.45, 7) is 5.59. The lowest BCUT2D eigenvalue weighted by Gasteiger charge is -2.30.